The lowest BCUT2D eigenvalue weighted by Crippen LogP contribution is -2.45. The van der Waals surface area contributed by atoms with Gasteiger partial charge in [-0.1, -0.05) is 18.9 Å². The molecule has 0 unspecified atom stereocenters. The third-order valence-electron chi connectivity index (χ3n) is 4.40. The number of nitrogens with one attached hydrogen (secondary N) is 2. The van der Waals surface area contributed by atoms with Gasteiger partial charge in [0, 0.05) is 12.1 Å². The summed E-state index contributed by atoms with van der Waals surface area (Å²) in [5.74, 6) is -0.0654. The molecule has 1 aromatic carbocycles. The number of hydrogen-bond donors (Lipinski definition) is 3. The molecule has 4 heteroatoms. The van der Waals surface area contributed by atoms with Gasteiger partial charge < -0.3 is 15.7 Å². The van der Waals surface area contributed by atoms with Crippen LogP contribution in [0.3, 0.4) is 0 Å². The first-order chi connectivity index (χ1) is 9.74. The molecular weight excluding hydrogens is 252 g/mol. The Morgan fingerprint density at radius 3 is 2.95 bits per heavy atom. The van der Waals surface area contributed by atoms with E-state index in [9.17, 15) is 9.90 Å². The highest BCUT2D eigenvalue weighted by atomic mass is 16.3. The molecule has 1 saturated carbocycles. The quantitative estimate of drug-likeness (QED) is 0.763. The van der Waals surface area contributed by atoms with Crippen LogP contribution in [0.15, 0.2) is 18.2 Å². The van der Waals surface area contributed by atoms with Crippen molar-refractivity contribution in [2.24, 2.45) is 0 Å². The Bertz CT molecular complexity index is 501. The molecule has 0 aromatic heterocycles. The molecular formula is C16H22N2O2. The van der Waals surface area contributed by atoms with Gasteiger partial charge in [-0.2, -0.15) is 0 Å². The lowest BCUT2D eigenvalue weighted by atomic mass is 9.92. The van der Waals surface area contributed by atoms with Crippen molar-refractivity contribution in [1.82, 2.24) is 10.6 Å². The molecule has 4 nitrogen and oxygen atoms in total. The Labute approximate surface area is 119 Å². The molecule has 1 aliphatic heterocycles. The summed E-state index contributed by atoms with van der Waals surface area (Å²) >= 11 is 0. The summed E-state index contributed by atoms with van der Waals surface area (Å²) in [7, 11) is 0. The second-order valence-electron chi connectivity index (χ2n) is 5.84. The van der Waals surface area contributed by atoms with Crippen molar-refractivity contribution in [2.75, 3.05) is 6.54 Å². The second-order valence-corrected chi connectivity index (χ2v) is 5.84. The van der Waals surface area contributed by atoms with Gasteiger partial charge in [0.1, 0.15) is 0 Å². The molecule has 1 amide bonds. The Kier molecular flexibility index (Phi) is 4.03. The fourth-order valence-corrected chi connectivity index (χ4v) is 3.15. The summed E-state index contributed by atoms with van der Waals surface area (Å²) < 4.78 is 0. The van der Waals surface area contributed by atoms with E-state index in [2.05, 4.69) is 16.7 Å². The average Bonchev–Trinajstić information content (AvgIpc) is 2.49. The minimum Gasteiger partial charge on any atom is -0.391 e. The summed E-state index contributed by atoms with van der Waals surface area (Å²) in [6.45, 7) is 1.84. The van der Waals surface area contributed by atoms with E-state index >= 15 is 0 Å². The van der Waals surface area contributed by atoms with E-state index in [0.29, 0.717) is 5.56 Å². The Morgan fingerprint density at radius 2 is 2.10 bits per heavy atom. The Hall–Kier alpha value is -1.39. The predicted octanol–water partition coefficient (Wildman–Crippen LogP) is 1.37. The fourth-order valence-electron chi connectivity index (χ4n) is 3.15. The van der Waals surface area contributed by atoms with Gasteiger partial charge in [0.2, 0.25) is 0 Å². The average molecular weight is 274 g/mol. The van der Waals surface area contributed by atoms with Crippen LogP contribution in [0.4, 0.5) is 0 Å². The van der Waals surface area contributed by atoms with Crippen LogP contribution in [0.25, 0.3) is 0 Å². The highest BCUT2D eigenvalue weighted by Gasteiger charge is 2.25. The molecule has 1 fully saturated rings. The molecule has 1 aromatic rings. The van der Waals surface area contributed by atoms with Crippen molar-refractivity contribution in [3.8, 4) is 0 Å². The monoisotopic (exact) mass is 274 g/mol. The molecule has 2 aliphatic rings. The summed E-state index contributed by atoms with van der Waals surface area (Å²) in [4.78, 5) is 12.3. The first kappa shape index (κ1) is 13.6. The van der Waals surface area contributed by atoms with Crippen LogP contribution in [0.5, 0.6) is 0 Å². The van der Waals surface area contributed by atoms with Gasteiger partial charge in [0.05, 0.1) is 12.1 Å². The zero-order valence-electron chi connectivity index (χ0n) is 11.7. The number of aliphatic hydroxyl groups excluding tert-OH is 1. The van der Waals surface area contributed by atoms with Gasteiger partial charge in [-0.05, 0) is 49.1 Å². The van der Waals surface area contributed by atoms with Crippen LogP contribution in [0, 0.1) is 0 Å². The Morgan fingerprint density at radius 1 is 1.25 bits per heavy atom. The first-order valence-corrected chi connectivity index (χ1v) is 7.55. The molecule has 1 aliphatic carbocycles. The van der Waals surface area contributed by atoms with Gasteiger partial charge in [-0.3, -0.25) is 4.79 Å². The van der Waals surface area contributed by atoms with E-state index in [0.717, 1.165) is 45.2 Å². The number of rotatable bonds is 2. The number of fused-ring (bicyclic) bond motifs is 1. The van der Waals surface area contributed by atoms with Crippen LogP contribution in [0.2, 0.25) is 0 Å². The third kappa shape index (κ3) is 2.86. The topological polar surface area (TPSA) is 61.4 Å². The third-order valence-corrected chi connectivity index (χ3v) is 4.40. The van der Waals surface area contributed by atoms with Crippen LogP contribution in [-0.2, 0) is 13.0 Å². The summed E-state index contributed by atoms with van der Waals surface area (Å²) in [6, 6.07) is 5.84. The molecule has 0 spiro atoms. The largest absolute Gasteiger partial charge is 0.391 e. The summed E-state index contributed by atoms with van der Waals surface area (Å²) in [5.41, 5.74) is 3.25. The number of carbonyl (C=O) groups excluding carboxylic acids is 1. The fraction of sp³-hybridized carbons (Fsp3) is 0.562. The van der Waals surface area contributed by atoms with Crippen molar-refractivity contribution in [3.63, 3.8) is 0 Å². The Balaban J connectivity index is 1.70. The van der Waals surface area contributed by atoms with Crippen LogP contribution in [-0.4, -0.2) is 29.7 Å². The van der Waals surface area contributed by atoms with Gasteiger partial charge in [-0.25, -0.2) is 0 Å². The summed E-state index contributed by atoms with van der Waals surface area (Å²) in [5, 5.41) is 16.2. The van der Waals surface area contributed by atoms with Gasteiger partial charge in [-0.15, -0.1) is 0 Å². The van der Waals surface area contributed by atoms with Crippen LogP contribution >= 0.6 is 0 Å². The lowest BCUT2D eigenvalue weighted by Gasteiger charge is -2.28. The van der Waals surface area contributed by atoms with E-state index < -0.39 is 6.10 Å². The maximum atomic E-state index is 12.3. The second kappa shape index (κ2) is 5.94. The smallest absolute Gasteiger partial charge is 0.251 e. The van der Waals surface area contributed by atoms with Crippen molar-refractivity contribution >= 4 is 5.91 Å². The van der Waals surface area contributed by atoms with Crippen molar-refractivity contribution in [2.45, 2.75) is 50.8 Å². The molecule has 108 valence electrons. The van der Waals surface area contributed by atoms with Gasteiger partial charge in [0.25, 0.3) is 5.91 Å². The minimum atomic E-state index is -0.396. The number of amides is 1. The predicted molar refractivity (Wildman–Crippen MR) is 77.6 cm³/mol. The van der Waals surface area contributed by atoms with E-state index in [1.165, 1.54) is 11.1 Å². The van der Waals surface area contributed by atoms with E-state index in [1.807, 2.05) is 12.1 Å². The highest BCUT2D eigenvalue weighted by molar-refractivity contribution is 5.94. The van der Waals surface area contributed by atoms with Crippen molar-refractivity contribution < 1.29 is 9.90 Å². The maximum Gasteiger partial charge on any atom is 0.251 e. The standard InChI is InChI=1S/C16H22N2O2/c19-15-4-2-1-3-14(15)18-16(20)12-6-5-11-7-8-17-10-13(11)9-12/h5-6,9,14-15,17,19H,1-4,7-8,10H2,(H,18,20)/t14-,15-/m0/s1. The van der Waals surface area contributed by atoms with Crippen LogP contribution in [0.1, 0.15) is 47.2 Å². The van der Waals surface area contributed by atoms with E-state index in [4.69, 9.17) is 0 Å². The van der Waals surface area contributed by atoms with Gasteiger partial charge in [0.15, 0.2) is 0 Å². The maximum absolute atomic E-state index is 12.3. The molecule has 0 saturated heterocycles. The number of aliphatic hydroxyl groups is 1. The highest BCUT2D eigenvalue weighted by Crippen LogP contribution is 2.20. The summed E-state index contributed by atoms with van der Waals surface area (Å²) in [6.07, 6.45) is 4.43. The SMILES string of the molecule is O=C(N[C@H]1CCCC[C@@H]1O)c1ccc2c(c1)CNCC2. The zero-order chi connectivity index (χ0) is 13.9. The molecule has 2 atom stereocenters. The number of hydrogen-bond acceptors (Lipinski definition) is 3. The molecule has 3 N–H and O–H groups in total. The van der Waals surface area contributed by atoms with E-state index in [-0.39, 0.29) is 11.9 Å². The van der Waals surface area contributed by atoms with Crippen molar-refractivity contribution in [1.29, 1.82) is 0 Å². The number of benzene rings is 1. The van der Waals surface area contributed by atoms with Crippen LogP contribution < -0.4 is 10.6 Å². The molecule has 3 rings (SSSR count). The molecule has 20 heavy (non-hydrogen) atoms. The molecule has 0 radical (unpaired) electrons. The zero-order valence-corrected chi connectivity index (χ0v) is 11.7. The van der Waals surface area contributed by atoms with E-state index in [1.54, 1.807) is 0 Å². The molecule has 1 heterocycles. The van der Waals surface area contributed by atoms with Crippen molar-refractivity contribution in [3.05, 3.63) is 34.9 Å². The lowest BCUT2D eigenvalue weighted by molar-refractivity contribution is 0.0717. The first-order valence-electron chi connectivity index (χ1n) is 7.55. The van der Waals surface area contributed by atoms with Gasteiger partial charge >= 0.3 is 0 Å². The number of carbonyl (C=O) groups is 1. The molecule has 0 bridgehead atoms. The minimum absolute atomic E-state index is 0.0654. The normalized spacial score (nSPS) is 25.9.